The molecule has 0 aliphatic carbocycles. The fourth-order valence-corrected chi connectivity index (χ4v) is 2.48. The summed E-state index contributed by atoms with van der Waals surface area (Å²) in [5.41, 5.74) is 1.78. The molecule has 0 bridgehead atoms. The zero-order valence-electron chi connectivity index (χ0n) is 14.4. The number of hydrogen-bond acceptors (Lipinski definition) is 3. The molecule has 0 aliphatic rings. The van der Waals surface area contributed by atoms with E-state index in [0.29, 0.717) is 25.2 Å². The number of carbonyl (C=O) groups excluding carboxylic acids is 1. The third-order valence-electron chi connectivity index (χ3n) is 4.07. The lowest BCUT2D eigenvalue weighted by molar-refractivity contribution is -0.124. The van der Waals surface area contributed by atoms with Crippen molar-refractivity contribution in [1.82, 2.24) is 9.88 Å². The van der Waals surface area contributed by atoms with Gasteiger partial charge in [0.05, 0.1) is 6.20 Å². The molecule has 1 aromatic heterocycles. The lowest BCUT2D eigenvalue weighted by atomic mass is 10.0. The number of amides is 1. The van der Waals surface area contributed by atoms with Gasteiger partial charge in [0.1, 0.15) is 6.61 Å². The zero-order chi connectivity index (χ0) is 17.5. The fourth-order valence-electron chi connectivity index (χ4n) is 2.48. The molecule has 5 nitrogen and oxygen atoms in total. The lowest BCUT2D eigenvalue weighted by Gasteiger charge is -2.14. The molecule has 2 rings (SSSR count). The lowest BCUT2D eigenvalue weighted by Crippen LogP contribution is -2.26. The Morgan fingerprint density at radius 2 is 2.00 bits per heavy atom. The molecule has 1 amide bonds. The second-order valence-corrected chi connectivity index (χ2v) is 5.93. The fraction of sp³-hybridized carbons (Fsp3) is 0.368. The number of aromatic nitrogens is 1. The normalized spacial score (nSPS) is 11.8. The molecule has 2 aromatic rings. The summed E-state index contributed by atoms with van der Waals surface area (Å²) in [7, 11) is 3.52. The van der Waals surface area contributed by atoms with E-state index in [9.17, 15) is 9.59 Å². The Balaban J connectivity index is 2.02. The molecule has 0 aliphatic heterocycles. The van der Waals surface area contributed by atoms with Crippen molar-refractivity contribution in [2.24, 2.45) is 13.0 Å². The highest BCUT2D eigenvalue weighted by molar-refractivity contribution is 5.77. The van der Waals surface area contributed by atoms with Crippen LogP contribution in [0.25, 0.3) is 0 Å². The van der Waals surface area contributed by atoms with Crippen LogP contribution in [0, 0.1) is 5.92 Å². The highest BCUT2D eigenvalue weighted by Gasteiger charge is 2.12. The van der Waals surface area contributed by atoms with Crippen molar-refractivity contribution in [2.45, 2.75) is 26.4 Å². The van der Waals surface area contributed by atoms with Gasteiger partial charge in [-0.15, -0.1) is 0 Å². The van der Waals surface area contributed by atoms with Crippen LogP contribution < -0.4 is 15.5 Å². The largest absolute Gasteiger partial charge is 0.483 e. The van der Waals surface area contributed by atoms with Crippen molar-refractivity contribution in [3.8, 4) is 5.75 Å². The minimum absolute atomic E-state index is 0.0165. The van der Waals surface area contributed by atoms with E-state index in [1.54, 1.807) is 19.3 Å². The second-order valence-electron chi connectivity index (χ2n) is 5.93. The summed E-state index contributed by atoms with van der Waals surface area (Å²) >= 11 is 0. The molecule has 1 atom stereocenters. The van der Waals surface area contributed by atoms with E-state index in [4.69, 9.17) is 4.74 Å². The Hall–Kier alpha value is -2.56. The summed E-state index contributed by atoms with van der Waals surface area (Å²) in [6.45, 7) is 2.25. The predicted molar refractivity (Wildman–Crippen MR) is 94.0 cm³/mol. The van der Waals surface area contributed by atoms with E-state index in [1.165, 1.54) is 0 Å². The van der Waals surface area contributed by atoms with Crippen LogP contribution in [0.4, 0.5) is 0 Å². The predicted octanol–water partition coefficient (Wildman–Crippen LogP) is 2.28. The molecule has 1 N–H and O–H groups in total. The summed E-state index contributed by atoms with van der Waals surface area (Å²) < 4.78 is 7.53. The van der Waals surface area contributed by atoms with Gasteiger partial charge in [-0.25, -0.2) is 0 Å². The number of carbonyl (C=O) groups is 1. The van der Waals surface area contributed by atoms with Gasteiger partial charge < -0.3 is 14.6 Å². The molecule has 0 saturated carbocycles. The molecule has 0 radical (unpaired) electrons. The van der Waals surface area contributed by atoms with Crippen LogP contribution in [-0.2, 0) is 24.9 Å². The molecule has 5 heteroatoms. The van der Waals surface area contributed by atoms with Crippen molar-refractivity contribution >= 4 is 5.91 Å². The Morgan fingerprint density at radius 3 is 2.67 bits per heavy atom. The van der Waals surface area contributed by atoms with Gasteiger partial charge in [-0.2, -0.15) is 0 Å². The van der Waals surface area contributed by atoms with Crippen LogP contribution in [0.15, 0.2) is 47.4 Å². The summed E-state index contributed by atoms with van der Waals surface area (Å²) in [6, 6.07) is 11.3. The summed E-state index contributed by atoms with van der Waals surface area (Å²) in [4.78, 5) is 23.8. The quantitative estimate of drug-likeness (QED) is 0.848. The SMILES string of the molecule is CNC(=O)[C@H](C)CCc1cc(=O)c(OCc2ccccc2)cn1C. The zero-order valence-corrected chi connectivity index (χ0v) is 14.4. The number of benzene rings is 1. The number of nitrogens with zero attached hydrogens (tertiary/aromatic N) is 1. The molecule has 128 valence electrons. The molecular formula is C19H24N2O3. The van der Waals surface area contributed by atoms with E-state index in [1.807, 2.05) is 48.9 Å². The minimum Gasteiger partial charge on any atom is -0.483 e. The maximum atomic E-state index is 12.2. The first-order valence-corrected chi connectivity index (χ1v) is 8.09. The Morgan fingerprint density at radius 1 is 1.29 bits per heavy atom. The number of hydrogen-bond donors (Lipinski definition) is 1. The van der Waals surface area contributed by atoms with E-state index in [0.717, 1.165) is 11.3 Å². The van der Waals surface area contributed by atoms with Crippen LogP contribution >= 0.6 is 0 Å². The van der Waals surface area contributed by atoms with Crippen molar-refractivity contribution < 1.29 is 9.53 Å². The van der Waals surface area contributed by atoms with Crippen LogP contribution in [-0.4, -0.2) is 17.5 Å². The van der Waals surface area contributed by atoms with E-state index in [2.05, 4.69) is 5.32 Å². The Labute approximate surface area is 142 Å². The van der Waals surface area contributed by atoms with E-state index in [-0.39, 0.29) is 17.3 Å². The maximum Gasteiger partial charge on any atom is 0.223 e. The van der Waals surface area contributed by atoms with E-state index >= 15 is 0 Å². The van der Waals surface area contributed by atoms with Crippen molar-refractivity contribution in [2.75, 3.05) is 7.05 Å². The maximum absolute atomic E-state index is 12.2. The van der Waals surface area contributed by atoms with Crippen LogP contribution in [0.2, 0.25) is 0 Å². The van der Waals surface area contributed by atoms with Crippen molar-refractivity contribution in [3.05, 3.63) is 64.1 Å². The smallest absolute Gasteiger partial charge is 0.223 e. The van der Waals surface area contributed by atoms with Gasteiger partial charge in [-0.05, 0) is 18.4 Å². The molecule has 1 aromatic carbocycles. The first kappa shape index (κ1) is 17.8. The minimum atomic E-state index is -0.133. The molecule has 0 unspecified atom stereocenters. The van der Waals surface area contributed by atoms with E-state index < -0.39 is 0 Å². The number of ether oxygens (including phenoxy) is 1. The number of rotatable bonds is 7. The summed E-state index contributed by atoms with van der Waals surface area (Å²) in [6.07, 6.45) is 3.07. The Kier molecular flexibility index (Phi) is 6.18. The van der Waals surface area contributed by atoms with Crippen LogP contribution in [0.3, 0.4) is 0 Å². The number of pyridine rings is 1. The van der Waals surface area contributed by atoms with Gasteiger partial charge in [0.15, 0.2) is 5.75 Å². The summed E-state index contributed by atoms with van der Waals surface area (Å²) in [5.74, 6) is 0.270. The van der Waals surface area contributed by atoms with Gasteiger partial charge in [-0.1, -0.05) is 37.3 Å². The highest BCUT2D eigenvalue weighted by Crippen LogP contribution is 2.12. The monoisotopic (exact) mass is 328 g/mol. The number of aryl methyl sites for hydroxylation is 2. The molecule has 0 saturated heterocycles. The topological polar surface area (TPSA) is 60.3 Å². The van der Waals surface area contributed by atoms with Crippen LogP contribution in [0.5, 0.6) is 5.75 Å². The Bertz CT molecular complexity index is 738. The molecule has 1 heterocycles. The third-order valence-corrected chi connectivity index (χ3v) is 4.07. The summed E-state index contributed by atoms with van der Waals surface area (Å²) in [5, 5.41) is 2.64. The van der Waals surface area contributed by atoms with Gasteiger partial charge in [0.25, 0.3) is 0 Å². The number of nitrogens with one attached hydrogen (secondary N) is 1. The van der Waals surface area contributed by atoms with Gasteiger partial charge in [0.2, 0.25) is 11.3 Å². The van der Waals surface area contributed by atoms with Crippen LogP contribution in [0.1, 0.15) is 24.6 Å². The van der Waals surface area contributed by atoms with Gasteiger partial charge in [-0.3, -0.25) is 9.59 Å². The average molecular weight is 328 g/mol. The molecule has 0 spiro atoms. The third kappa shape index (κ3) is 4.72. The van der Waals surface area contributed by atoms with Crippen molar-refractivity contribution in [1.29, 1.82) is 0 Å². The first-order chi connectivity index (χ1) is 11.5. The molecule has 0 fully saturated rings. The molecule has 24 heavy (non-hydrogen) atoms. The highest BCUT2D eigenvalue weighted by atomic mass is 16.5. The first-order valence-electron chi connectivity index (χ1n) is 8.09. The average Bonchev–Trinajstić information content (AvgIpc) is 2.60. The standard InChI is InChI=1S/C19H24N2O3/c1-14(19(23)20-2)9-10-16-11-17(22)18(12-21(16)3)24-13-15-7-5-4-6-8-15/h4-8,11-12,14H,9-10,13H2,1-3H3,(H,20,23)/t14-/m1/s1. The van der Waals surface area contributed by atoms with Crippen molar-refractivity contribution in [3.63, 3.8) is 0 Å². The molecular weight excluding hydrogens is 304 g/mol. The second kappa shape index (κ2) is 8.34. The van der Waals surface area contributed by atoms with Gasteiger partial charge in [0, 0.05) is 31.8 Å². The van der Waals surface area contributed by atoms with Gasteiger partial charge >= 0.3 is 0 Å².